The molecule has 1 aliphatic carbocycles. The molecule has 0 bridgehead atoms. The van der Waals surface area contributed by atoms with Gasteiger partial charge in [0.1, 0.15) is 0 Å². The Morgan fingerprint density at radius 1 is 1.20 bits per heavy atom. The molecular formula is C13H18LiN. The molecule has 0 fully saturated rings. The molecule has 0 amide bonds. The minimum absolute atomic E-state index is 0.667. The third kappa shape index (κ3) is 4.71. The fraction of sp³-hybridized carbons (Fsp3) is 0.385. The normalized spacial score (nSPS) is 22.7. The zero-order valence-corrected chi connectivity index (χ0v) is 9.90. The van der Waals surface area contributed by atoms with Gasteiger partial charge in [0.2, 0.25) is 0 Å². The van der Waals surface area contributed by atoms with Crippen LogP contribution in [-0.2, 0) is 0 Å². The first kappa shape index (κ1) is 12.6. The van der Waals surface area contributed by atoms with E-state index in [2.05, 4.69) is 61.2 Å². The van der Waals surface area contributed by atoms with Crippen LogP contribution in [-0.4, -0.2) is 30.3 Å². The van der Waals surface area contributed by atoms with E-state index >= 15 is 0 Å². The Balaban J connectivity index is 0.000000151. The van der Waals surface area contributed by atoms with Crippen molar-refractivity contribution in [1.82, 2.24) is 5.32 Å². The van der Waals surface area contributed by atoms with Gasteiger partial charge in [-0.2, -0.15) is 0 Å². The van der Waals surface area contributed by atoms with Crippen molar-refractivity contribution in [2.45, 2.75) is 24.5 Å². The van der Waals surface area contributed by atoms with Crippen molar-refractivity contribution in [2.24, 2.45) is 0 Å². The van der Waals surface area contributed by atoms with Crippen LogP contribution >= 0.6 is 0 Å². The summed E-state index contributed by atoms with van der Waals surface area (Å²) in [4.78, 5) is 0. The summed E-state index contributed by atoms with van der Waals surface area (Å²) in [6, 6.07) is 10.9. The van der Waals surface area contributed by atoms with E-state index in [9.17, 15) is 0 Å². The molecule has 2 unspecified atom stereocenters. The SMILES string of the molecule is Cc1ccccc1.[Li][CH]1C=CC1NCC. The Morgan fingerprint density at radius 3 is 2.07 bits per heavy atom. The van der Waals surface area contributed by atoms with E-state index in [4.69, 9.17) is 0 Å². The summed E-state index contributed by atoms with van der Waals surface area (Å²) in [5, 5.41) is 3.34. The average Bonchev–Trinajstić information content (AvgIpc) is 2.26. The second kappa shape index (κ2) is 6.90. The minimum atomic E-state index is 0.667. The van der Waals surface area contributed by atoms with E-state index < -0.39 is 0 Å². The van der Waals surface area contributed by atoms with Crippen molar-refractivity contribution in [1.29, 1.82) is 0 Å². The molecule has 0 heterocycles. The fourth-order valence-electron chi connectivity index (χ4n) is 1.47. The van der Waals surface area contributed by atoms with Crippen molar-refractivity contribution in [3.05, 3.63) is 48.0 Å². The molecule has 0 aromatic heterocycles. The number of nitrogens with one attached hydrogen (secondary N) is 1. The van der Waals surface area contributed by atoms with Crippen LogP contribution in [0.4, 0.5) is 0 Å². The van der Waals surface area contributed by atoms with E-state index in [1.165, 1.54) is 5.56 Å². The molecule has 1 aromatic rings. The molecular weight excluding hydrogens is 177 g/mol. The molecule has 1 aromatic carbocycles. The van der Waals surface area contributed by atoms with Crippen molar-refractivity contribution < 1.29 is 0 Å². The first-order chi connectivity index (χ1) is 7.24. The second-order valence-corrected chi connectivity index (χ2v) is 3.98. The third-order valence-corrected chi connectivity index (χ3v) is 2.57. The van der Waals surface area contributed by atoms with Crippen molar-refractivity contribution in [3.63, 3.8) is 0 Å². The summed E-state index contributed by atoms with van der Waals surface area (Å²) in [7, 11) is 0. The summed E-state index contributed by atoms with van der Waals surface area (Å²) in [5.41, 5.74) is 1.32. The van der Waals surface area contributed by atoms with Crippen LogP contribution in [0.2, 0.25) is 4.59 Å². The Kier molecular flexibility index (Phi) is 5.79. The van der Waals surface area contributed by atoms with Gasteiger partial charge in [-0.25, -0.2) is 0 Å². The Hall–Kier alpha value is -0.483. The fourth-order valence-corrected chi connectivity index (χ4v) is 1.47. The maximum absolute atomic E-state index is 3.34. The predicted molar refractivity (Wildman–Crippen MR) is 67.3 cm³/mol. The van der Waals surface area contributed by atoms with Crippen molar-refractivity contribution >= 4 is 17.7 Å². The van der Waals surface area contributed by atoms with Gasteiger partial charge in [-0.05, 0) is 6.92 Å². The summed E-state index contributed by atoms with van der Waals surface area (Å²) >= 11 is 2.23. The van der Waals surface area contributed by atoms with Gasteiger partial charge in [-0.15, -0.1) is 0 Å². The molecule has 2 atom stereocenters. The van der Waals surface area contributed by atoms with E-state index in [-0.39, 0.29) is 0 Å². The van der Waals surface area contributed by atoms with Gasteiger partial charge in [0.05, 0.1) is 0 Å². The summed E-state index contributed by atoms with van der Waals surface area (Å²) in [5.74, 6) is 0. The first-order valence-corrected chi connectivity index (χ1v) is 5.67. The van der Waals surface area contributed by atoms with Gasteiger partial charge in [-0.3, -0.25) is 0 Å². The zero-order valence-electron chi connectivity index (χ0n) is 9.90. The number of likely N-dealkylation sites (N-methyl/N-ethyl adjacent to an activating group) is 1. The van der Waals surface area contributed by atoms with Crippen LogP contribution < -0.4 is 5.32 Å². The van der Waals surface area contributed by atoms with Gasteiger partial charge >= 0.3 is 59.3 Å². The Labute approximate surface area is 102 Å². The Bertz CT molecular complexity index is 295. The topological polar surface area (TPSA) is 12.0 Å². The van der Waals surface area contributed by atoms with Gasteiger partial charge in [0.25, 0.3) is 0 Å². The van der Waals surface area contributed by atoms with E-state index in [1.807, 2.05) is 18.2 Å². The monoisotopic (exact) mass is 195 g/mol. The number of hydrogen-bond acceptors (Lipinski definition) is 1. The van der Waals surface area contributed by atoms with E-state index in [1.54, 1.807) is 0 Å². The van der Waals surface area contributed by atoms with Crippen LogP contribution in [0.5, 0.6) is 0 Å². The molecule has 1 nitrogen and oxygen atoms in total. The predicted octanol–water partition coefficient (Wildman–Crippen LogP) is 2.49. The first-order valence-electron chi connectivity index (χ1n) is 5.67. The summed E-state index contributed by atoms with van der Waals surface area (Å²) in [6.45, 7) is 5.30. The number of aryl methyl sites for hydroxylation is 1. The van der Waals surface area contributed by atoms with Crippen LogP contribution in [0, 0.1) is 6.92 Å². The molecule has 76 valence electrons. The second-order valence-electron chi connectivity index (χ2n) is 3.98. The number of rotatable bonds is 2. The third-order valence-electron chi connectivity index (χ3n) is 2.57. The van der Waals surface area contributed by atoms with Crippen molar-refractivity contribution in [3.8, 4) is 0 Å². The number of hydrogen-bond donors (Lipinski definition) is 1. The molecule has 2 rings (SSSR count). The molecule has 15 heavy (non-hydrogen) atoms. The molecule has 2 heteroatoms. The molecule has 0 aliphatic heterocycles. The summed E-state index contributed by atoms with van der Waals surface area (Å²) in [6.07, 6.45) is 4.45. The Morgan fingerprint density at radius 2 is 1.87 bits per heavy atom. The van der Waals surface area contributed by atoms with Gasteiger partial charge in [0.15, 0.2) is 0 Å². The molecule has 0 radical (unpaired) electrons. The van der Waals surface area contributed by atoms with Gasteiger partial charge in [-0.1, -0.05) is 35.9 Å². The molecule has 1 N–H and O–H groups in total. The average molecular weight is 195 g/mol. The standard InChI is InChI=1S/C7H8.C6H10N.Li/c1-7-5-3-2-4-6-7;1-2-7-6-4-3-5-6;/h2-6H,1H3;3-7H,2H2,1H3;. The quantitative estimate of drug-likeness (QED) is 0.564. The van der Waals surface area contributed by atoms with Crippen LogP contribution in [0.25, 0.3) is 0 Å². The molecule has 0 spiro atoms. The van der Waals surface area contributed by atoms with E-state index in [0.717, 1.165) is 11.1 Å². The molecule has 0 saturated carbocycles. The summed E-state index contributed by atoms with van der Waals surface area (Å²) < 4.78 is 0.759. The van der Waals surface area contributed by atoms with Gasteiger partial charge < -0.3 is 0 Å². The van der Waals surface area contributed by atoms with Gasteiger partial charge in [0, 0.05) is 0 Å². The van der Waals surface area contributed by atoms with Crippen LogP contribution in [0.15, 0.2) is 42.5 Å². The van der Waals surface area contributed by atoms with Crippen LogP contribution in [0.1, 0.15) is 12.5 Å². The number of benzene rings is 1. The van der Waals surface area contributed by atoms with E-state index in [0.29, 0.717) is 6.04 Å². The maximum atomic E-state index is 3.34. The zero-order chi connectivity index (χ0) is 11.1. The molecule has 1 aliphatic rings. The molecule has 0 saturated heterocycles. The van der Waals surface area contributed by atoms with Crippen molar-refractivity contribution in [2.75, 3.05) is 6.54 Å². The van der Waals surface area contributed by atoms with Crippen LogP contribution in [0.3, 0.4) is 0 Å².